The maximum atomic E-state index is 12.5. The SMILES string of the molecule is CC(=O)N1CCC2(CC1)NC(=O)c1sc3ccccc3c1N2. The Balaban J connectivity index is 1.70. The van der Waals surface area contributed by atoms with Crippen LogP contribution in [-0.4, -0.2) is 35.5 Å². The lowest BCUT2D eigenvalue weighted by atomic mass is 9.93. The first-order chi connectivity index (χ1) is 10.6. The van der Waals surface area contributed by atoms with E-state index in [0.717, 1.165) is 33.5 Å². The highest BCUT2D eigenvalue weighted by Gasteiger charge is 2.41. The number of fused-ring (bicyclic) bond motifs is 3. The van der Waals surface area contributed by atoms with Crippen LogP contribution in [0.1, 0.15) is 29.4 Å². The van der Waals surface area contributed by atoms with Crippen LogP contribution in [0.15, 0.2) is 24.3 Å². The van der Waals surface area contributed by atoms with Crippen LogP contribution in [0.2, 0.25) is 0 Å². The van der Waals surface area contributed by atoms with Gasteiger partial charge in [0, 0.05) is 42.9 Å². The van der Waals surface area contributed by atoms with Crippen LogP contribution in [0.5, 0.6) is 0 Å². The lowest BCUT2D eigenvalue weighted by Gasteiger charge is -2.45. The first-order valence-electron chi connectivity index (χ1n) is 7.46. The lowest BCUT2D eigenvalue weighted by Crippen LogP contribution is -2.62. The number of amides is 2. The molecule has 1 spiro atoms. The zero-order valence-corrected chi connectivity index (χ0v) is 13.1. The zero-order valence-electron chi connectivity index (χ0n) is 12.3. The Morgan fingerprint density at radius 3 is 2.68 bits per heavy atom. The van der Waals surface area contributed by atoms with E-state index in [1.807, 2.05) is 23.1 Å². The Hall–Kier alpha value is -2.08. The molecule has 22 heavy (non-hydrogen) atoms. The van der Waals surface area contributed by atoms with Crippen LogP contribution in [0.4, 0.5) is 5.69 Å². The molecular formula is C16H17N3O2S. The number of nitrogens with one attached hydrogen (secondary N) is 2. The van der Waals surface area contributed by atoms with Gasteiger partial charge < -0.3 is 15.5 Å². The van der Waals surface area contributed by atoms with Gasteiger partial charge in [0.1, 0.15) is 10.5 Å². The topological polar surface area (TPSA) is 61.4 Å². The molecule has 4 rings (SSSR count). The summed E-state index contributed by atoms with van der Waals surface area (Å²) >= 11 is 1.52. The van der Waals surface area contributed by atoms with Crippen LogP contribution in [-0.2, 0) is 4.79 Å². The molecule has 6 heteroatoms. The molecule has 1 fully saturated rings. The first kappa shape index (κ1) is 13.6. The highest BCUT2D eigenvalue weighted by molar-refractivity contribution is 7.21. The van der Waals surface area contributed by atoms with Gasteiger partial charge in [0.2, 0.25) is 5.91 Å². The standard InChI is InChI=1S/C16H17N3O2S/c1-10(20)19-8-6-16(7-9-19)17-13-11-4-2-3-5-12(11)22-14(13)15(21)18-16/h2-5,17H,6-9H2,1H3,(H,18,21). The molecule has 114 valence electrons. The van der Waals surface area contributed by atoms with Crippen molar-refractivity contribution in [3.8, 4) is 0 Å². The number of hydrogen-bond donors (Lipinski definition) is 2. The number of likely N-dealkylation sites (tertiary alicyclic amines) is 1. The highest BCUT2D eigenvalue weighted by atomic mass is 32.1. The van der Waals surface area contributed by atoms with Crippen molar-refractivity contribution >= 4 is 38.9 Å². The highest BCUT2D eigenvalue weighted by Crippen LogP contribution is 2.41. The van der Waals surface area contributed by atoms with E-state index in [9.17, 15) is 9.59 Å². The number of anilines is 1. The lowest BCUT2D eigenvalue weighted by molar-refractivity contribution is -0.130. The van der Waals surface area contributed by atoms with Crippen LogP contribution >= 0.6 is 11.3 Å². The maximum Gasteiger partial charge on any atom is 0.265 e. The molecule has 3 heterocycles. The minimum Gasteiger partial charge on any atom is -0.361 e. The summed E-state index contributed by atoms with van der Waals surface area (Å²) in [6.07, 6.45) is 1.45. The van der Waals surface area contributed by atoms with E-state index in [-0.39, 0.29) is 11.8 Å². The normalized spacial score (nSPS) is 19.7. The molecule has 2 aliphatic rings. The molecule has 0 atom stereocenters. The molecule has 0 saturated carbocycles. The molecule has 2 aromatic rings. The summed E-state index contributed by atoms with van der Waals surface area (Å²) in [5.41, 5.74) is 0.514. The molecule has 1 saturated heterocycles. The van der Waals surface area contributed by atoms with Gasteiger partial charge in [0.25, 0.3) is 5.91 Å². The summed E-state index contributed by atoms with van der Waals surface area (Å²) in [6.45, 7) is 2.93. The second-order valence-corrected chi connectivity index (χ2v) is 7.02. The average molecular weight is 315 g/mol. The Kier molecular flexibility index (Phi) is 2.91. The number of thiophene rings is 1. The third kappa shape index (κ3) is 1.98. The summed E-state index contributed by atoms with van der Waals surface area (Å²) in [5, 5.41) is 7.80. The van der Waals surface area contributed by atoms with Gasteiger partial charge in [0.05, 0.1) is 5.69 Å². The predicted octanol–water partition coefficient (Wildman–Crippen LogP) is 2.40. The van der Waals surface area contributed by atoms with E-state index in [1.54, 1.807) is 6.92 Å². The number of carbonyl (C=O) groups excluding carboxylic acids is 2. The fourth-order valence-electron chi connectivity index (χ4n) is 3.33. The van der Waals surface area contributed by atoms with Crippen molar-refractivity contribution < 1.29 is 9.59 Å². The van der Waals surface area contributed by atoms with Gasteiger partial charge in [0.15, 0.2) is 0 Å². The number of rotatable bonds is 0. The van der Waals surface area contributed by atoms with Crippen molar-refractivity contribution in [2.75, 3.05) is 18.4 Å². The van der Waals surface area contributed by atoms with Crippen molar-refractivity contribution in [1.82, 2.24) is 10.2 Å². The summed E-state index contributed by atoms with van der Waals surface area (Å²) in [5.74, 6) is 0.0879. The molecule has 2 amide bonds. The third-order valence-corrected chi connectivity index (χ3v) is 5.75. The predicted molar refractivity (Wildman–Crippen MR) is 87.1 cm³/mol. The third-order valence-electron chi connectivity index (χ3n) is 4.58. The van der Waals surface area contributed by atoms with E-state index >= 15 is 0 Å². The molecule has 2 aliphatic heterocycles. The van der Waals surface area contributed by atoms with E-state index in [0.29, 0.717) is 13.1 Å². The molecule has 0 unspecified atom stereocenters. The van der Waals surface area contributed by atoms with Crippen LogP contribution in [0.3, 0.4) is 0 Å². The summed E-state index contributed by atoms with van der Waals surface area (Å²) in [7, 11) is 0. The molecule has 0 radical (unpaired) electrons. The monoisotopic (exact) mass is 315 g/mol. The van der Waals surface area contributed by atoms with Crippen LogP contribution in [0, 0.1) is 0 Å². The Morgan fingerprint density at radius 2 is 1.95 bits per heavy atom. The van der Waals surface area contributed by atoms with Crippen molar-refractivity contribution in [3.05, 3.63) is 29.1 Å². The fourth-order valence-corrected chi connectivity index (χ4v) is 4.38. The number of carbonyl (C=O) groups is 2. The van der Waals surface area contributed by atoms with Crippen molar-refractivity contribution in [2.24, 2.45) is 0 Å². The molecule has 5 nitrogen and oxygen atoms in total. The summed E-state index contributed by atoms with van der Waals surface area (Å²) in [4.78, 5) is 26.6. The van der Waals surface area contributed by atoms with E-state index in [1.165, 1.54) is 11.3 Å². The van der Waals surface area contributed by atoms with Crippen LogP contribution in [0.25, 0.3) is 10.1 Å². The molecule has 2 N–H and O–H groups in total. The largest absolute Gasteiger partial charge is 0.361 e. The number of benzene rings is 1. The Morgan fingerprint density at radius 1 is 1.23 bits per heavy atom. The molecular weight excluding hydrogens is 298 g/mol. The zero-order chi connectivity index (χ0) is 15.3. The van der Waals surface area contributed by atoms with E-state index < -0.39 is 5.66 Å². The smallest absolute Gasteiger partial charge is 0.265 e. The molecule has 0 aliphatic carbocycles. The maximum absolute atomic E-state index is 12.5. The molecule has 0 bridgehead atoms. The number of hydrogen-bond acceptors (Lipinski definition) is 4. The van der Waals surface area contributed by atoms with Gasteiger partial charge in [-0.2, -0.15) is 0 Å². The van der Waals surface area contributed by atoms with Gasteiger partial charge in [-0.1, -0.05) is 18.2 Å². The minimum atomic E-state index is -0.431. The first-order valence-corrected chi connectivity index (χ1v) is 8.27. The number of nitrogens with zero attached hydrogens (tertiary/aromatic N) is 1. The van der Waals surface area contributed by atoms with Crippen molar-refractivity contribution in [2.45, 2.75) is 25.4 Å². The van der Waals surface area contributed by atoms with Gasteiger partial charge in [-0.3, -0.25) is 9.59 Å². The van der Waals surface area contributed by atoms with E-state index in [2.05, 4.69) is 16.7 Å². The second kappa shape index (κ2) is 4.71. The number of piperidine rings is 1. The van der Waals surface area contributed by atoms with Gasteiger partial charge >= 0.3 is 0 Å². The summed E-state index contributed by atoms with van der Waals surface area (Å²) in [6, 6.07) is 8.07. The Labute approximate surface area is 132 Å². The summed E-state index contributed by atoms with van der Waals surface area (Å²) < 4.78 is 1.12. The molecule has 1 aromatic carbocycles. The Bertz CT molecular complexity index is 775. The van der Waals surface area contributed by atoms with Gasteiger partial charge in [-0.25, -0.2) is 0 Å². The quantitative estimate of drug-likeness (QED) is 0.785. The van der Waals surface area contributed by atoms with Gasteiger partial charge in [-0.15, -0.1) is 11.3 Å². The minimum absolute atomic E-state index is 0.00813. The van der Waals surface area contributed by atoms with Crippen LogP contribution < -0.4 is 10.6 Å². The van der Waals surface area contributed by atoms with Gasteiger partial charge in [-0.05, 0) is 6.07 Å². The molecule has 1 aromatic heterocycles. The van der Waals surface area contributed by atoms with E-state index in [4.69, 9.17) is 0 Å². The van der Waals surface area contributed by atoms with Crippen molar-refractivity contribution in [3.63, 3.8) is 0 Å². The van der Waals surface area contributed by atoms with Crippen molar-refractivity contribution in [1.29, 1.82) is 0 Å². The average Bonchev–Trinajstić information content (AvgIpc) is 2.87. The fraction of sp³-hybridized carbons (Fsp3) is 0.375. The second-order valence-electron chi connectivity index (χ2n) is 5.97.